The molecule has 1 aromatic carbocycles. The van der Waals surface area contributed by atoms with Gasteiger partial charge < -0.3 is 15.0 Å². The summed E-state index contributed by atoms with van der Waals surface area (Å²) >= 11 is 0. The summed E-state index contributed by atoms with van der Waals surface area (Å²) in [5.41, 5.74) is 0.0755. The van der Waals surface area contributed by atoms with Crippen LogP contribution in [0.3, 0.4) is 0 Å². The van der Waals surface area contributed by atoms with E-state index in [1.54, 1.807) is 6.20 Å². The van der Waals surface area contributed by atoms with Crippen molar-refractivity contribution in [3.05, 3.63) is 41.6 Å². The van der Waals surface area contributed by atoms with Gasteiger partial charge in [-0.1, -0.05) is 22.3 Å². The van der Waals surface area contributed by atoms with Crippen molar-refractivity contribution in [3.63, 3.8) is 0 Å². The highest BCUT2D eigenvalue weighted by molar-refractivity contribution is 6.05. The number of hydrogen-bond donors (Lipinski definition) is 1. The van der Waals surface area contributed by atoms with Crippen LogP contribution < -0.4 is 15.0 Å². The van der Waals surface area contributed by atoms with Gasteiger partial charge in [-0.05, 0) is 38.5 Å². The Morgan fingerprint density at radius 1 is 1.18 bits per heavy atom. The molecule has 0 radical (unpaired) electrons. The normalized spacial score (nSPS) is 24.7. The highest BCUT2D eigenvalue weighted by Gasteiger charge is 2.48. The van der Waals surface area contributed by atoms with Crippen LogP contribution in [0.4, 0.5) is 24.7 Å². The average Bonchev–Trinajstić information content (AvgIpc) is 3.08. The van der Waals surface area contributed by atoms with Gasteiger partial charge in [0.25, 0.3) is 0 Å². The summed E-state index contributed by atoms with van der Waals surface area (Å²) in [5.74, 6) is -2.30. The summed E-state index contributed by atoms with van der Waals surface area (Å²) in [6.07, 6.45) is 5.25. The smallest absolute Gasteiger partial charge is 0.250 e. The molecular formula is C24H33F3N4O2. The van der Waals surface area contributed by atoms with E-state index in [2.05, 4.69) is 15.2 Å². The minimum atomic E-state index is -1.50. The first-order valence-corrected chi connectivity index (χ1v) is 10.1. The first-order chi connectivity index (χ1) is 14.3. The van der Waals surface area contributed by atoms with Gasteiger partial charge in [0.2, 0.25) is 5.91 Å². The molecule has 9 heteroatoms. The molecule has 2 aromatic rings. The Balaban J connectivity index is 0.00000128. The van der Waals surface area contributed by atoms with E-state index in [9.17, 15) is 18.0 Å². The Hall–Kier alpha value is -2.84. The highest BCUT2D eigenvalue weighted by Crippen LogP contribution is 2.42. The molecule has 5 rings (SSSR count). The Labute approximate surface area is 193 Å². The standard InChI is InChI=1S/C21H21F3N4O2.3CH4/c1-21-3-2-4-28(21)19-16(26-20(21)29)10-25-17(27-19)7-11-5-12(6-11)30-13-8-14(22)18(24)15(23)9-13;;;/h8-12H,2-7H2,1H3,(H,26,29);3*1H4/t11?,12?,21-;;;/m1.../s1. The predicted molar refractivity (Wildman–Crippen MR) is 123 cm³/mol. The van der Waals surface area contributed by atoms with E-state index in [-0.39, 0.29) is 46.0 Å². The number of carbonyl (C=O) groups is 1. The first kappa shape index (κ1) is 26.4. The van der Waals surface area contributed by atoms with Crippen molar-refractivity contribution in [2.75, 3.05) is 16.8 Å². The van der Waals surface area contributed by atoms with Gasteiger partial charge in [0.05, 0.1) is 12.3 Å². The van der Waals surface area contributed by atoms with Crippen LogP contribution in [-0.4, -0.2) is 34.1 Å². The van der Waals surface area contributed by atoms with E-state index in [4.69, 9.17) is 9.72 Å². The lowest BCUT2D eigenvalue weighted by atomic mass is 9.80. The number of rotatable bonds is 4. The maximum absolute atomic E-state index is 13.3. The second kappa shape index (κ2) is 9.57. The first-order valence-electron chi connectivity index (χ1n) is 10.1. The maximum Gasteiger partial charge on any atom is 0.250 e. The number of hydrogen-bond acceptors (Lipinski definition) is 5. The number of halogens is 3. The number of anilines is 2. The summed E-state index contributed by atoms with van der Waals surface area (Å²) < 4.78 is 45.2. The molecule has 1 saturated heterocycles. The zero-order valence-electron chi connectivity index (χ0n) is 16.4. The molecule has 2 aliphatic heterocycles. The van der Waals surface area contributed by atoms with Crippen molar-refractivity contribution >= 4 is 17.4 Å². The quantitative estimate of drug-likeness (QED) is 0.602. The van der Waals surface area contributed by atoms with Gasteiger partial charge in [-0.2, -0.15) is 0 Å². The van der Waals surface area contributed by atoms with Crippen LogP contribution in [0.25, 0.3) is 0 Å². The zero-order chi connectivity index (χ0) is 21.0. The maximum atomic E-state index is 13.3. The van der Waals surface area contributed by atoms with Gasteiger partial charge >= 0.3 is 0 Å². The van der Waals surface area contributed by atoms with Crippen LogP contribution >= 0.6 is 0 Å². The molecule has 1 saturated carbocycles. The monoisotopic (exact) mass is 466 g/mol. The topological polar surface area (TPSA) is 67.3 Å². The molecule has 1 N–H and O–H groups in total. The van der Waals surface area contributed by atoms with Gasteiger partial charge in [-0.15, -0.1) is 0 Å². The van der Waals surface area contributed by atoms with Crippen LogP contribution in [0, 0.1) is 23.4 Å². The molecule has 6 nitrogen and oxygen atoms in total. The number of aromatic nitrogens is 2. The fraction of sp³-hybridized carbons (Fsp3) is 0.542. The molecule has 1 atom stereocenters. The lowest BCUT2D eigenvalue weighted by Crippen LogP contribution is -2.54. The molecule has 1 aliphatic carbocycles. The molecule has 0 unspecified atom stereocenters. The molecule has 3 heterocycles. The summed E-state index contributed by atoms with van der Waals surface area (Å²) in [7, 11) is 0. The number of carbonyl (C=O) groups excluding carboxylic acids is 1. The summed E-state index contributed by atoms with van der Waals surface area (Å²) in [6, 6.07) is 1.72. The van der Waals surface area contributed by atoms with Gasteiger partial charge in [0, 0.05) is 25.1 Å². The van der Waals surface area contributed by atoms with Crippen molar-refractivity contribution in [1.29, 1.82) is 0 Å². The second-order valence-corrected chi connectivity index (χ2v) is 8.49. The van der Waals surface area contributed by atoms with Crippen molar-refractivity contribution in [2.45, 2.75) is 73.0 Å². The van der Waals surface area contributed by atoms with Crippen LogP contribution in [0.2, 0.25) is 0 Å². The van der Waals surface area contributed by atoms with E-state index in [1.165, 1.54) is 0 Å². The van der Waals surface area contributed by atoms with Crippen molar-refractivity contribution in [1.82, 2.24) is 9.97 Å². The molecule has 1 aromatic heterocycles. The molecule has 0 spiro atoms. The van der Waals surface area contributed by atoms with Gasteiger partial charge in [0.15, 0.2) is 23.3 Å². The minimum absolute atomic E-state index is 0. The number of nitrogens with zero attached hydrogens (tertiary/aromatic N) is 3. The van der Waals surface area contributed by atoms with E-state index in [0.717, 1.165) is 37.3 Å². The predicted octanol–water partition coefficient (Wildman–Crippen LogP) is 5.51. The van der Waals surface area contributed by atoms with Crippen molar-refractivity contribution in [3.8, 4) is 5.75 Å². The van der Waals surface area contributed by atoms with Crippen LogP contribution in [0.1, 0.15) is 60.7 Å². The third-order valence-electron chi connectivity index (χ3n) is 6.38. The van der Waals surface area contributed by atoms with Crippen LogP contribution in [0.15, 0.2) is 18.3 Å². The van der Waals surface area contributed by atoms with Crippen LogP contribution in [0.5, 0.6) is 5.75 Å². The molecule has 182 valence electrons. The van der Waals surface area contributed by atoms with E-state index < -0.39 is 23.0 Å². The van der Waals surface area contributed by atoms with E-state index >= 15 is 0 Å². The Kier molecular flexibility index (Phi) is 7.66. The number of nitrogens with one attached hydrogen (secondary N) is 1. The SMILES string of the molecule is C.C.C.C[C@]12CCCN1c1nc(CC3CC(Oc4cc(F)c(F)c(F)c4)C3)ncc1NC2=O. The molecule has 1 amide bonds. The molecule has 33 heavy (non-hydrogen) atoms. The molecule has 2 fully saturated rings. The fourth-order valence-electron chi connectivity index (χ4n) is 4.58. The average molecular weight is 467 g/mol. The summed E-state index contributed by atoms with van der Waals surface area (Å²) in [6.45, 7) is 2.73. The minimum Gasteiger partial charge on any atom is -0.490 e. The fourth-order valence-corrected chi connectivity index (χ4v) is 4.58. The van der Waals surface area contributed by atoms with Gasteiger partial charge in [0.1, 0.15) is 22.8 Å². The Morgan fingerprint density at radius 2 is 1.85 bits per heavy atom. The van der Waals surface area contributed by atoms with Gasteiger partial charge in [-0.25, -0.2) is 23.1 Å². The molecule has 0 bridgehead atoms. The number of fused-ring (bicyclic) bond motifs is 3. The third kappa shape index (κ3) is 4.50. The van der Waals surface area contributed by atoms with Crippen molar-refractivity contribution < 1.29 is 22.7 Å². The zero-order valence-corrected chi connectivity index (χ0v) is 16.4. The number of ether oxygens (including phenoxy) is 1. The highest BCUT2D eigenvalue weighted by atomic mass is 19.2. The molecular weight excluding hydrogens is 433 g/mol. The Bertz CT molecular complexity index is 1010. The van der Waals surface area contributed by atoms with Crippen molar-refractivity contribution in [2.24, 2.45) is 5.92 Å². The largest absolute Gasteiger partial charge is 0.490 e. The lowest BCUT2D eigenvalue weighted by Gasteiger charge is -2.40. The van der Waals surface area contributed by atoms with E-state index in [0.29, 0.717) is 30.8 Å². The Morgan fingerprint density at radius 3 is 2.52 bits per heavy atom. The summed E-state index contributed by atoms with van der Waals surface area (Å²) in [4.78, 5) is 23.6. The molecule has 3 aliphatic rings. The number of benzene rings is 1. The lowest BCUT2D eigenvalue weighted by molar-refractivity contribution is -0.120. The second-order valence-electron chi connectivity index (χ2n) is 8.49. The third-order valence-corrected chi connectivity index (χ3v) is 6.38. The van der Waals surface area contributed by atoms with Crippen LogP contribution in [-0.2, 0) is 11.2 Å². The van der Waals surface area contributed by atoms with Gasteiger partial charge in [-0.3, -0.25) is 4.79 Å². The summed E-state index contributed by atoms with van der Waals surface area (Å²) in [5, 5.41) is 2.91. The van der Waals surface area contributed by atoms with E-state index in [1.807, 2.05) is 6.92 Å². The number of amides is 1.